The van der Waals surface area contributed by atoms with Crippen LogP contribution in [0.3, 0.4) is 0 Å². The summed E-state index contributed by atoms with van der Waals surface area (Å²) in [6.45, 7) is 0. The maximum absolute atomic E-state index is 14.5. The molecule has 2 aliphatic heterocycles. The Morgan fingerprint density at radius 3 is 2.58 bits per heavy atom. The number of piperidine rings is 1. The molecular weight excluding hydrogens is 329 g/mol. The molecule has 4 nitrogen and oxygen atoms in total. The van der Waals surface area contributed by atoms with E-state index in [1.807, 2.05) is 30.3 Å². The fraction of sp³-hybridized carbons (Fsp3) is 0.278. The lowest BCUT2D eigenvalue weighted by Crippen LogP contribution is -2.52. The fourth-order valence-electron chi connectivity index (χ4n) is 3.85. The SMILES string of the molecule is O=C1CC(c2c(F)cccc2Cl)C2C(NNC2c2ccccc2)N1. The van der Waals surface area contributed by atoms with Crippen molar-refractivity contribution in [3.8, 4) is 0 Å². The highest BCUT2D eigenvalue weighted by atomic mass is 35.5. The molecule has 2 aromatic carbocycles. The molecule has 4 rings (SSSR count). The normalized spacial score (nSPS) is 29.2. The van der Waals surface area contributed by atoms with E-state index in [0.29, 0.717) is 10.6 Å². The molecule has 2 aliphatic rings. The van der Waals surface area contributed by atoms with Crippen molar-refractivity contribution in [3.63, 3.8) is 0 Å². The van der Waals surface area contributed by atoms with Crippen LogP contribution in [0, 0.1) is 11.7 Å². The number of nitrogens with one attached hydrogen (secondary N) is 3. The molecule has 0 aromatic heterocycles. The van der Waals surface area contributed by atoms with Crippen molar-refractivity contribution in [2.24, 2.45) is 5.92 Å². The number of hydrogen-bond acceptors (Lipinski definition) is 3. The predicted molar refractivity (Wildman–Crippen MR) is 89.6 cm³/mol. The molecule has 4 unspecified atom stereocenters. The molecule has 2 saturated heterocycles. The van der Waals surface area contributed by atoms with Crippen molar-refractivity contribution in [2.45, 2.75) is 24.5 Å². The van der Waals surface area contributed by atoms with Crippen LogP contribution in [0.2, 0.25) is 5.02 Å². The predicted octanol–water partition coefficient (Wildman–Crippen LogP) is 2.87. The molecule has 6 heteroatoms. The third kappa shape index (κ3) is 2.59. The zero-order valence-electron chi connectivity index (χ0n) is 12.8. The van der Waals surface area contributed by atoms with Crippen molar-refractivity contribution >= 4 is 17.5 Å². The van der Waals surface area contributed by atoms with Crippen molar-refractivity contribution in [2.75, 3.05) is 0 Å². The molecule has 0 aliphatic carbocycles. The Balaban J connectivity index is 1.78. The van der Waals surface area contributed by atoms with Crippen LogP contribution in [0.15, 0.2) is 48.5 Å². The van der Waals surface area contributed by atoms with E-state index >= 15 is 0 Å². The van der Waals surface area contributed by atoms with E-state index in [0.717, 1.165) is 5.56 Å². The number of rotatable bonds is 2. The fourth-order valence-corrected chi connectivity index (χ4v) is 4.16. The van der Waals surface area contributed by atoms with Crippen molar-refractivity contribution in [1.29, 1.82) is 0 Å². The first kappa shape index (κ1) is 15.6. The van der Waals surface area contributed by atoms with Gasteiger partial charge in [-0.15, -0.1) is 0 Å². The quantitative estimate of drug-likeness (QED) is 0.784. The van der Waals surface area contributed by atoms with E-state index in [-0.39, 0.29) is 42.2 Å². The Morgan fingerprint density at radius 1 is 1.04 bits per heavy atom. The number of halogens is 2. The molecule has 124 valence electrons. The monoisotopic (exact) mass is 345 g/mol. The van der Waals surface area contributed by atoms with Crippen LogP contribution >= 0.6 is 11.6 Å². The van der Waals surface area contributed by atoms with Gasteiger partial charge in [0.25, 0.3) is 0 Å². The summed E-state index contributed by atoms with van der Waals surface area (Å²) in [4.78, 5) is 12.1. The van der Waals surface area contributed by atoms with E-state index in [2.05, 4.69) is 16.2 Å². The summed E-state index contributed by atoms with van der Waals surface area (Å²) >= 11 is 6.28. The topological polar surface area (TPSA) is 53.2 Å². The van der Waals surface area contributed by atoms with Crippen LogP contribution in [0.25, 0.3) is 0 Å². The highest BCUT2D eigenvalue weighted by Gasteiger charge is 2.47. The van der Waals surface area contributed by atoms with Gasteiger partial charge in [-0.2, -0.15) is 0 Å². The van der Waals surface area contributed by atoms with Gasteiger partial charge in [0.05, 0.1) is 12.2 Å². The van der Waals surface area contributed by atoms with Gasteiger partial charge in [0.1, 0.15) is 5.82 Å². The summed E-state index contributed by atoms with van der Waals surface area (Å²) in [5, 5.41) is 3.31. The lowest BCUT2D eigenvalue weighted by molar-refractivity contribution is -0.125. The number of amides is 1. The number of hydrogen-bond donors (Lipinski definition) is 3. The smallest absolute Gasteiger partial charge is 0.221 e. The summed E-state index contributed by atoms with van der Waals surface area (Å²) < 4.78 is 14.5. The Morgan fingerprint density at radius 2 is 1.83 bits per heavy atom. The summed E-state index contributed by atoms with van der Waals surface area (Å²) in [6.07, 6.45) is -0.0498. The number of fused-ring (bicyclic) bond motifs is 1. The minimum Gasteiger partial charge on any atom is -0.339 e. The second-order valence-electron chi connectivity index (χ2n) is 6.25. The van der Waals surface area contributed by atoms with Crippen molar-refractivity contribution < 1.29 is 9.18 Å². The Labute approximate surface area is 144 Å². The van der Waals surface area contributed by atoms with Crippen LogP contribution in [0.5, 0.6) is 0 Å². The molecule has 2 heterocycles. The van der Waals surface area contributed by atoms with Gasteiger partial charge in [-0.25, -0.2) is 15.2 Å². The maximum atomic E-state index is 14.5. The van der Waals surface area contributed by atoms with E-state index in [9.17, 15) is 9.18 Å². The average molecular weight is 346 g/mol. The molecule has 24 heavy (non-hydrogen) atoms. The van der Waals surface area contributed by atoms with Crippen LogP contribution in [-0.2, 0) is 4.79 Å². The molecule has 0 saturated carbocycles. The van der Waals surface area contributed by atoms with Gasteiger partial charge in [0, 0.05) is 28.8 Å². The first-order valence-electron chi connectivity index (χ1n) is 7.94. The van der Waals surface area contributed by atoms with Gasteiger partial charge in [0.2, 0.25) is 5.91 Å². The molecule has 1 amide bonds. The maximum Gasteiger partial charge on any atom is 0.221 e. The van der Waals surface area contributed by atoms with Crippen LogP contribution in [-0.4, -0.2) is 12.1 Å². The van der Waals surface area contributed by atoms with E-state index in [1.165, 1.54) is 6.07 Å². The highest BCUT2D eigenvalue weighted by molar-refractivity contribution is 6.31. The third-order valence-electron chi connectivity index (χ3n) is 4.88. The molecular formula is C18H17ClFN3O. The van der Waals surface area contributed by atoms with Crippen molar-refractivity contribution in [1.82, 2.24) is 16.2 Å². The number of carbonyl (C=O) groups excluding carboxylic acids is 1. The van der Waals surface area contributed by atoms with Gasteiger partial charge in [-0.1, -0.05) is 48.0 Å². The Bertz CT molecular complexity index is 750. The molecule has 2 aromatic rings. The molecule has 2 fully saturated rings. The summed E-state index contributed by atoms with van der Waals surface area (Å²) in [5.74, 6) is -0.812. The minimum atomic E-state index is -0.361. The standard InChI is InChI=1S/C18H17ClFN3O/c19-12-7-4-8-13(20)15(12)11-9-14(24)21-18-16(11)17(22-23-18)10-5-2-1-3-6-10/h1-8,11,16-18,22-23H,9H2,(H,21,24). The third-order valence-corrected chi connectivity index (χ3v) is 5.21. The second-order valence-corrected chi connectivity index (χ2v) is 6.65. The van der Waals surface area contributed by atoms with Crippen LogP contribution in [0.1, 0.15) is 29.5 Å². The van der Waals surface area contributed by atoms with Gasteiger partial charge >= 0.3 is 0 Å². The Hall–Kier alpha value is -1.95. The van der Waals surface area contributed by atoms with Gasteiger partial charge < -0.3 is 5.32 Å². The van der Waals surface area contributed by atoms with E-state index in [1.54, 1.807) is 12.1 Å². The molecule has 0 radical (unpaired) electrons. The van der Waals surface area contributed by atoms with E-state index in [4.69, 9.17) is 11.6 Å². The largest absolute Gasteiger partial charge is 0.339 e. The Kier molecular flexibility index (Phi) is 4.00. The minimum absolute atomic E-state index is 0.0421. The van der Waals surface area contributed by atoms with Gasteiger partial charge in [-0.05, 0) is 17.7 Å². The second kappa shape index (κ2) is 6.16. The highest BCUT2D eigenvalue weighted by Crippen LogP contribution is 2.45. The molecule has 0 spiro atoms. The first-order valence-corrected chi connectivity index (χ1v) is 8.32. The van der Waals surface area contributed by atoms with Crippen molar-refractivity contribution in [3.05, 3.63) is 70.5 Å². The summed E-state index contributed by atoms with van der Waals surface area (Å²) in [6, 6.07) is 14.6. The number of benzene rings is 2. The summed E-state index contributed by atoms with van der Waals surface area (Å²) in [7, 11) is 0. The first-order chi connectivity index (χ1) is 11.6. The number of hydrazine groups is 1. The average Bonchev–Trinajstić information content (AvgIpc) is 2.99. The molecule has 0 bridgehead atoms. The zero-order chi connectivity index (χ0) is 16.7. The lowest BCUT2D eigenvalue weighted by atomic mass is 9.74. The van der Waals surface area contributed by atoms with E-state index < -0.39 is 0 Å². The molecule has 4 atom stereocenters. The summed E-state index contributed by atoms with van der Waals surface area (Å²) in [5.41, 5.74) is 7.89. The van der Waals surface area contributed by atoms with Crippen LogP contribution in [0.4, 0.5) is 4.39 Å². The lowest BCUT2D eigenvalue weighted by Gasteiger charge is -2.36. The molecule has 3 N–H and O–H groups in total. The zero-order valence-corrected chi connectivity index (χ0v) is 13.6. The van der Waals surface area contributed by atoms with Crippen LogP contribution < -0.4 is 16.2 Å². The number of carbonyl (C=O) groups is 1. The van der Waals surface area contributed by atoms with Gasteiger partial charge in [-0.3, -0.25) is 4.79 Å². The van der Waals surface area contributed by atoms with Gasteiger partial charge in [0.15, 0.2) is 0 Å².